The zero-order chi connectivity index (χ0) is 18.5. The molecule has 1 aliphatic heterocycles. The minimum Gasteiger partial charge on any atom is -0.493 e. The van der Waals surface area contributed by atoms with E-state index in [1.165, 1.54) is 14.2 Å². The van der Waals surface area contributed by atoms with E-state index in [0.717, 1.165) is 6.42 Å². The van der Waals surface area contributed by atoms with Crippen LogP contribution in [0.2, 0.25) is 5.02 Å². The van der Waals surface area contributed by atoms with Gasteiger partial charge in [0.05, 0.1) is 38.0 Å². The Hall–Kier alpha value is -2.60. The maximum absolute atomic E-state index is 12.3. The molecule has 0 radical (unpaired) electrons. The molecule has 0 amide bonds. The van der Waals surface area contributed by atoms with E-state index in [1.807, 2.05) is 0 Å². The summed E-state index contributed by atoms with van der Waals surface area (Å²) in [5, 5.41) is 0.432. The summed E-state index contributed by atoms with van der Waals surface area (Å²) in [5.41, 5.74) is 1.08. The van der Waals surface area contributed by atoms with Gasteiger partial charge in [-0.15, -0.1) is 0 Å². The van der Waals surface area contributed by atoms with Gasteiger partial charge >= 0.3 is 5.97 Å². The van der Waals surface area contributed by atoms with Gasteiger partial charge in [0.25, 0.3) is 0 Å². The average Bonchev–Trinajstić information content (AvgIpc) is 2.91. The molecule has 1 heterocycles. The maximum Gasteiger partial charge on any atom is 0.338 e. The van der Waals surface area contributed by atoms with Crippen molar-refractivity contribution in [3.8, 4) is 23.0 Å². The van der Waals surface area contributed by atoms with Crippen LogP contribution in [0.4, 0.5) is 0 Å². The number of halogens is 1. The monoisotopic (exact) mass is 378 g/mol. The van der Waals surface area contributed by atoms with Crippen molar-refractivity contribution in [1.29, 1.82) is 0 Å². The first-order chi connectivity index (χ1) is 12.6. The SMILES string of the molecule is COc1ccc(C(=O)OCc2cc(Cl)c3c(c2)OCCCO3)cc1OC. The summed E-state index contributed by atoms with van der Waals surface area (Å²) in [7, 11) is 3.04. The van der Waals surface area contributed by atoms with E-state index in [0.29, 0.717) is 52.4 Å². The summed E-state index contributed by atoms with van der Waals surface area (Å²) in [4.78, 5) is 12.3. The van der Waals surface area contributed by atoms with Gasteiger partial charge in [-0.2, -0.15) is 0 Å². The van der Waals surface area contributed by atoms with E-state index in [-0.39, 0.29) is 6.61 Å². The standard InChI is InChI=1S/C19H19ClO6/c1-22-15-5-4-13(10-16(15)23-2)19(21)26-11-12-8-14(20)18-17(9-12)24-6-3-7-25-18/h4-5,8-10H,3,6-7,11H2,1-2H3. The van der Waals surface area contributed by atoms with Crippen molar-refractivity contribution in [2.45, 2.75) is 13.0 Å². The van der Waals surface area contributed by atoms with Crippen molar-refractivity contribution >= 4 is 17.6 Å². The van der Waals surface area contributed by atoms with Crippen molar-refractivity contribution in [1.82, 2.24) is 0 Å². The first kappa shape index (κ1) is 18.2. The largest absolute Gasteiger partial charge is 0.493 e. The summed E-state index contributed by atoms with van der Waals surface area (Å²) >= 11 is 6.25. The molecule has 6 nitrogen and oxygen atoms in total. The van der Waals surface area contributed by atoms with Crippen LogP contribution in [0.1, 0.15) is 22.3 Å². The number of esters is 1. The molecule has 0 unspecified atom stereocenters. The van der Waals surface area contributed by atoms with Crippen LogP contribution in [-0.2, 0) is 11.3 Å². The molecule has 1 aliphatic rings. The van der Waals surface area contributed by atoms with Gasteiger partial charge in [-0.05, 0) is 35.9 Å². The van der Waals surface area contributed by atoms with Crippen molar-refractivity contribution in [2.24, 2.45) is 0 Å². The molecule has 0 bridgehead atoms. The Morgan fingerprint density at radius 1 is 1.08 bits per heavy atom. The lowest BCUT2D eigenvalue weighted by atomic mass is 10.2. The highest BCUT2D eigenvalue weighted by atomic mass is 35.5. The number of benzene rings is 2. The van der Waals surface area contributed by atoms with Gasteiger partial charge in [-0.1, -0.05) is 11.6 Å². The first-order valence-electron chi connectivity index (χ1n) is 8.09. The van der Waals surface area contributed by atoms with Crippen LogP contribution in [0.15, 0.2) is 30.3 Å². The molecule has 0 N–H and O–H groups in total. The molecule has 0 atom stereocenters. The third kappa shape index (κ3) is 3.96. The molecule has 138 valence electrons. The fourth-order valence-electron chi connectivity index (χ4n) is 2.56. The average molecular weight is 379 g/mol. The van der Waals surface area contributed by atoms with Crippen LogP contribution >= 0.6 is 11.6 Å². The summed E-state index contributed by atoms with van der Waals surface area (Å²) < 4.78 is 27.0. The van der Waals surface area contributed by atoms with Gasteiger partial charge < -0.3 is 23.7 Å². The molecule has 0 fully saturated rings. The quantitative estimate of drug-likeness (QED) is 0.736. The summed E-state index contributed by atoms with van der Waals surface area (Å²) in [6.07, 6.45) is 0.786. The van der Waals surface area contributed by atoms with Gasteiger partial charge in [-0.3, -0.25) is 0 Å². The lowest BCUT2D eigenvalue weighted by Gasteiger charge is -2.12. The Morgan fingerprint density at radius 3 is 2.62 bits per heavy atom. The first-order valence-corrected chi connectivity index (χ1v) is 8.47. The lowest BCUT2D eigenvalue weighted by molar-refractivity contribution is 0.0472. The Balaban J connectivity index is 1.72. The van der Waals surface area contributed by atoms with Crippen molar-refractivity contribution in [2.75, 3.05) is 27.4 Å². The summed E-state index contributed by atoms with van der Waals surface area (Å²) in [5.74, 6) is 1.61. The number of hydrogen-bond acceptors (Lipinski definition) is 6. The second-order valence-electron chi connectivity index (χ2n) is 5.60. The Bertz CT molecular complexity index is 805. The van der Waals surface area contributed by atoms with Crippen LogP contribution in [0.5, 0.6) is 23.0 Å². The van der Waals surface area contributed by atoms with Gasteiger partial charge in [0.1, 0.15) is 6.61 Å². The third-order valence-electron chi connectivity index (χ3n) is 3.85. The summed E-state index contributed by atoms with van der Waals surface area (Å²) in [6, 6.07) is 8.32. The summed E-state index contributed by atoms with van der Waals surface area (Å²) in [6.45, 7) is 1.17. The normalized spacial score (nSPS) is 12.9. The minimum absolute atomic E-state index is 0.0591. The van der Waals surface area contributed by atoms with E-state index < -0.39 is 5.97 Å². The Kier molecular flexibility index (Phi) is 5.73. The molecule has 0 saturated carbocycles. The number of rotatable bonds is 5. The zero-order valence-corrected chi connectivity index (χ0v) is 15.3. The molecule has 26 heavy (non-hydrogen) atoms. The van der Waals surface area contributed by atoms with Crippen molar-refractivity contribution in [3.05, 3.63) is 46.5 Å². The molecular weight excluding hydrogens is 360 g/mol. The topological polar surface area (TPSA) is 63.2 Å². The van der Waals surface area contributed by atoms with E-state index in [2.05, 4.69) is 0 Å². The van der Waals surface area contributed by atoms with Gasteiger partial charge in [0.15, 0.2) is 23.0 Å². The van der Waals surface area contributed by atoms with Crippen molar-refractivity contribution < 1.29 is 28.5 Å². The number of methoxy groups -OCH3 is 2. The zero-order valence-electron chi connectivity index (χ0n) is 14.5. The predicted octanol–water partition coefficient (Wildman–Crippen LogP) is 3.88. The number of hydrogen-bond donors (Lipinski definition) is 0. The second kappa shape index (κ2) is 8.19. The van der Waals surface area contributed by atoms with Crippen molar-refractivity contribution in [3.63, 3.8) is 0 Å². The molecule has 0 spiro atoms. The van der Waals surface area contributed by atoms with E-state index in [1.54, 1.807) is 30.3 Å². The van der Waals surface area contributed by atoms with Gasteiger partial charge in [0.2, 0.25) is 0 Å². The molecule has 2 aromatic carbocycles. The van der Waals surface area contributed by atoms with Crippen LogP contribution < -0.4 is 18.9 Å². The Morgan fingerprint density at radius 2 is 1.85 bits per heavy atom. The molecule has 7 heteroatoms. The Labute approximate surface area is 156 Å². The molecule has 0 saturated heterocycles. The van der Waals surface area contributed by atoms with E-state index in [9.17, 15) is 4.79 Å². The molecule has 0 aromatic heterocycles. The van der Waals surface area contributed by atoms with Crippen LogP contribution in [0.3, 0.4) is 0 Å². The fraction of sp³-hybridized carbons (Fsp3) is 0.316. The van der Waals surface area contributed by atoms with E-state index >= 15 is 0 Å². The predicted molar refractivity (Wildman–Crippen MR) is 95.7 cm³/mol. The highest BCUT2D eigenvalue weighted by molar-refractivity contribution is 6.32. The van der Waals surface area contributed by atoms with Gasteiger partial charge in [-0.25, -0.2) is 4.79 Å². The maximum atomic E-state index is 12.3. The molecule has 0 aliphatic carbocycles. The van der Waals surface area contributed by atoms with Crippen LogP contribution in [0, 0.1) is 0 Å². The smallest absolute Gasteiger partial charge is 0.338 e. The van der Waals surface area contributed by atoms with E-state index in [4.69, 9.17) is 35.3 Å². The molecule has 3 rings (SSSR count). The second-order valence-corrected chi connectivity index (χ2v) is 6.01. The number of carbonyl (C=O) groups excluding carboxylic acids is 1. The lowest BCUT2D eigenvalue weighted by Crippen LogP contribution is -2.06. The number of ether oxygens (including phenoxy) is 5. The highest BCUT2D eigenvalue weighted by Gasteiger charge is 2.17. The number of fused-ring (bicyclic) bond motifs is 1. The number of carbonyl (C=O) groups is 1. The van der Waals surface area contributed by atoms with Crippen LogP contribution in [-0.4, -0.2) is 33.4 Å². The third-order valence-corrected chi connectivity index (χ3v) is 4.13. The minimum atomic E-state index is -0.478. The molecular formula is C19H19ClO6. The van der Waals surface area contributed by atoms with Crippen LogP contribution in [0.25, 0.3) is 0 Å². The fourth-order valence-corrected chi connectivity index (χ4v) is 2.85. The van der Waals surface area contributed by atoms with Gasteiger partial charge in [0, 0.05) is 6.42 Å². The highest BCUT2D eigenvalue weighted by Crippen LogP contribution is 2.38. The molecule has 2 aromatic rings.